The highest BCUT2D eigenvalue weighted by molar-refractivity contribution is 7.94. The van der Waals surface area contributed by atoms with Gasteiger partial charge in [-0.05, 0) is 25.0 Å². The first kappa shape index (κ1) is 13.5. The molecule has 0 bridgehead atoms. The van der Waals surface area contributed by atoms with Crippen LogP contribution in [0.5, 0.6) is 0 Å². The fourth-order valence-electron chi connectivity index (χ4n) is 1.000. The van der Waals surface area contributed by atoms with Gasteiger partial charge in [0.1, 0.15) is 0 Å². The van der Waals surface area contributed by atoms with Crippen molar-refractivity contribution in [3.63, 3.8) is 0 Å². The van der Waals surface area contributed by atoms with E-state index >= 15 is 0 Å². The first-order valence-corrected chi connectivity index (χ1v) is 6.00. The fourth-order valence-corrected chi connectivity index (χ4v) is 1.70. The van der Waals surface area contributed by atoms with E-state index in [4.69, 9.17) is 4.18 Å². The Hall–Kier alpha value is -0.470. The molecule has 0 heterocycles. The molecule has 0 N–H and O–H groups in total. The second-order valence-electron chi connectivity index (χ2n) is 2.45. The highest BCUT2D eigenvalue weighted by atomic mass is 32.2. The van der Waals surface area contributed by atoms with Crippen LogP contribution >= 0.6 is 12.0 Å². The summed E-state index contributed by atoms with van der Waals surface area (Å²) in [6, 6.07) is 8.34. The van der Waals surface area contributed by atoms with Crippen molar-refractivity contribution in [3.05, 3.63) is 29.8 Å². The molecule has 0 fully saturated rings. The lowest BCUT2D eigenvalue weighted by molar-refractivity contribution is 0.401. The highest BCUT2D eigenvalue weighted by Crippen LogP contribution is 2.23. The maximum atomic E-state index is 5.28. The van der Waals surface area contributed by atoms with Gasteiger partial charge in [0.05, 0.1) is 6.61 Å². The summed E-state index contributed by atoms with van der Waals surface area (Å²) >= 11 is 1.47. The molecule has 0 aliphatic rings. The summed E-state index contributed by atoms with van der Waals surface area (Å²) in [7, 11) is 0. The molecule has 0 aliphatic carbocycles. The van der Waals surface area contributed by atoms with Gasteiger partial charge in [0.2, 0.25) is 0 Å². The lowest BCUT2D eigenvalue weighted by Crippen LogP contribution is -1.85. The van der Waals surface area contributed by atoms with Crippen molar-refractivity contribution in [3.8, 4) is 0 Å². The minimum atomic E-state index is 0.753. The van der Waals surface area contributed by atoms with Gasteiger partial charge in [0, 0.05) is 16.9 Å². The molecule has 80 valence electrons. The zero-order valence-electron chi connectivity index (χ0n) is 9.54. The quantitative estimate of drug-likeness (QED) is 0.687. The van der Waals surface area contributed by atoms with Crippen molar-refractivity contribution in [2.24, 2.45) is 0 Å². The molecule has 0 unspecified atom stereocenters. The second-order valence-corrected chi connectivity index (χ2v) is 3.29. The summed E-state index contributed by atoms with van der Waals surface area (Å²) in [6.07, 6.45) is 1.07. The molecule has 0 atom stereocenters. The molecule has 0 spiro atoms. The molecule has 0 aromatic heterocycles. The van der Waals surface area contributed by atoms with Crippen LogP contribution in [0.25, 0.3) is 0 Å². The van der Waals surface area contributed by atoms with Crippen LogP contribution in [-0.2, 0) is 10.6 Å². The van der Waals surface area contributed by atoms with Crippen molar-refractivity contribution in [2.45, 2.75) is 39.0 Å². The summed E-state index contributed by atoms with van der Waals surface area (Å²) in [6.45, 7) is 8.91. The van der Waals surface area contributed by atoms with Crippen molar-refractivity contribution < 1.29 is 4.18 Å². The van der Waals surface area contributed by atoms with Crippen molar-refractivity contribution in [2.75, 3.05) is 6.61 Å². The van der Waals surface area contributed by atoms with Gasteiger partial charge in [-0.1, -0.05) is 39.0 Å². The number of benzene rings is 1. The highest BCUT2D eigenvalue weighted by Gasteiger charge is 1.99. The van der Waals surface area contributed by atoms with Crippen molar-refractivity contribution in [1.82, 2.24) is 0 Å². The largest absolute Gasteiger partial charge is 0.311 e. The van der Waals surface area contributed by atoms with E-state index < -0.39 is 0 Å². The average Bonchev–Trinajstić information content (AvgIpc) is 2.29. The standard InChI is InChI=1S/C10H14OS.C2H6/c1-3-9-7-5-6-8-10(9)12-11-4-2;1-2/h5-8H,3-4H2,1-2H3;1-2H3. The summed E-state index contributed by atoms with van der Waals surface area (Å²) in [5.74, 6) is 0. The lowest BCUT2D eigenvalue weighted by Gasteiger charge is -2.04. The summed E-state index contributed by atoms with van der Waals surface area (Å²) in [5, 5.41) is 0. The molecule has 14 heavy (non-hydrogen) atoms. The average molecular weight is 212 g/mol. The maximum absolute atomic E-state index is 5.28. The van der Waals surface area contributed by atoms with Crippen molar-refractivity contribution in [1.29, 1.82) is 0 Å². The molecular weight excluding hydrogens is 192 g/mol. The molecule has 1 aromatic carbocycles. The molecule has 0 amide bonds. The fraction of sp³-hybridized carbons (Fsp3) is 0.500. The van der Waals surface area contributed by atoms with Gasteiger partial charge in [-0.25, -0.2) is 0 Å². The van der Waals surface area contributed by atoms with Gasteiger partial charge in [-0.3, -0.25) is 0 Å². The van der Waals surface area contributed by atoms with Gasteiger partial charge in [0.25, 0.3) is 0 Å². The van der Waals surface area contributed by atoms with E-state index in [2.05, 4.69) is 25.1 Å². The van der Waals surface area contributed by atoms with Crippen LogP contribution in [0.15, 0.2) is 29.2 Å². The third kappa shape index (κ3) is 4.68. The monoisotopic (exact) mass is 212 g/mol. The molecule has 1 nitrogen and oxygen atoms in total. The van der Waals surface area contributed by atoms with Gasteiger partial charge in [-0.2, -0.15) is 0 Å². The number of aryl methyl sites for hydroxylation is 1. The van der Waals surface area contributed by atoms with E-state index in [1.54, 1.807) is 0 Å². The van der Waals surface area contributed by atoms with E-state index in [0.29, 0.717) is 0 Å². The van der Waals surface area contributed by atoms with Crippen LogP contribution in [0.1, 0.15) is 33.3 Å². The molecule has 0 saturated carbocycles. The van der Waals surface area contributed by atoms with Gasteiger partial charge < -0.3 is 4.18 Å². The van der Waals surface area contributed by atoms with Gasteiger partial charge in [0.15, 0.2) is 0 Å². The number of rotatable bonds is 4. The Bertz CT molecular complexity index is 236. The van der Waals surface area contributed by atoms with Crippen LogP contribution in [0.2, 0.25) is 0 Å². The number of hydrogen-bond acceptors (Lipinski definition) is 2. The molecule has 0 aliphatic heterocycles. The SMILES string of the molecule is CC.CCOSc1ccccc1CC. The van der Waals surface area contributed by atoms with Gasteiger partial charge >= 0.3 is 0 Å². The summed E-state index contributed by atoms with van der Waals surface area (Å²) in [5.41, 5.74) is 1.36. The van der Waals surface area contributed by atoms with E-state index in [1.165, 1.54) is 22.5 Å². The topological polar surface area (TPSA) is 9.23 Å². The Labute approximate surface area is 92.1 Å². The first-order valence-electron chi connectivity index (χ1n) is 5.25. The molecule has 0 saturated heterocycles. The molecular formula is C12H20OS. The predicted molar refractivity (Wildman–Crippen MR) is 64.7 cm³/mol. The Morgan fingerprint density at radius 1 is 1.14 bits per heavy atom. The van der Waals surface area contributed by atoms with Crippen LogP contribution in [0.3, 0.4) is 0 Å². The van der Waals surface area contributed by atoms with Gasteiger partial charge in [-0.15, -0.1) is 0 Å². The zero-order chi connectivity index (χ0) is 10.8. The van der Waals surface area contributed by atoms with Crippen LogP contribution in [0, 0.1) is 0 Å². The Kier molecular flexibility index (Phi) is 8.79. The summed E-state index contributed by atoms with van der Waals surface area (Å²) < 4.78 is 5.28. The summed E-state index contributed by atoms with van der Waals surface area (Å²) in [4.78, 5) is 1.24. The molecule has 1 rings (SSSR count). The predicted octanol–water partition coefficient (Wildman–Crippen LogP) is 4.32. The molecule has 2 heteroatoms. The minimum Gasteiger partial charge on any atom is -0.311 e. The third-order valence-electron chi connectivity index (χ3n) is 1.62. The Balaban J connectivity index is 0.000000791. The van der Waals surface area contributed by atoms with Crippen LogP contribution < -0.4 is 0 Å². The van der Waals surface area contributed by atoms with Crippen LogP contribution in [-0.4, -0.2) is 6.61 Å². The first-order chi connectivity index (χ1) is 6.88. The van der Waals surface area contributed by atoms with E-state index in [9.17, 15) is 0 Å². The van der Waals surface area contributed by atoms with E-state index in [-0.39, 0.29) is 0 Å². The third-order valence-corrected chi connectivity index (χ3v) is 2.55. The van der Waals surface area contributed by atoms with E-state index in [0.717, 1.165) is 13.0 Å². The lowest BCUT2D eigenvalue weighted by atomic mass is 10.2. The van der Waals surface area contributed by atoms with Crippen molar-refractivity contribution >= 4 is 12.0 Å². The smallest absolute Gasteiger partial charge is 0.0590 e. The second kappa shape index (κ2) is 9.10. The Morgan fingerprint density at radius 2 is 1.79 bits per heavy atom. The minimum absolute atomic E-state index is 0.753. The zero-order valence-corrected chi connectivity index (χ0v) is 10.4. The number of hydrogen-bond donors (Lipinski definition) is 0. The molecule has 0 radical (unpaired) electrons. The van der Waals surface area contributed by atoms with Crippen LogP contribution in [0.4, 0.5) is 0 Å². The maximum Gasteiger partial charge on any atom is 0.0590 e. The normalized spacial score (nSPS) is 9.14. The van der Waals surface area contributed by atoms with E-state index in [1.807, 2.05) is 26.8 Å². The Morgan fingerprint density at radius 3 is 2.36 bits per heavy atom. The molecule has 1 aromatic rings.